The number of nitrogens with one attached hydrogen (secondary N) is 2. The molecule has 1 aliphatic heterocycles. The number of carbonyl (C=O) groups is 1. The molecule has 0 aromatic rings. The fourth-order valence-corrected chi connectivity index (χ4v) is 1.09. The highest BCUT2D eigenvalue weighted by Crippen LogP contribution is 2.01. The Kier molecular flexibility index (Phi) is 2.34. The molecular weight excluding hydrogens is 142 g/mol. The van der Waals surface area contributed by atoms with Gasteiger partial charge in [-0.25, -0.2) is 10.2 Å². The van der Waals surface area contributed by atoms with E-state index in [1.807, 2.05) is 6.92 Å². The van der Waals surface area contributed by atoms with Crippen LogP contribution in [0, 0.1) is 5.92 Å². The third-order valence-electron chi connectivity index (χ3n) is 1.48. The summed E-state index contributed by atoms with van der Waals surface area (Å²) in [6.45, 7) is 6.84. The minimum absolute atomic E-state index is 0.0220. The molecule has 64 valence electrons. The van der Waals surface area contributed by atoms with Crippen LogP contribution in [0.1, 0.15) is 20.8 Å². The Labute approximate surface area is 66.9 Å². The van der Waals surface area contributed by atoms with Crippen LogP contribution in [0.4, 0.5) is 4.79 Å². The monoisotopic (exact) mass is 157 g/mol. The van der Waals surface area contributed by atoms with E-state index in [2.05, 4.69) is 24.6 Å². The quantitative estimate of drug-likeness (QED) is 0.613. The van der Waals surface area contributed by atoms with Gasteiger partial charge in [0.05, 0.1) is 6.17 Å². The summed E-state index contributed by atoms with van der Waals surface area (Å²) >= 11 is 0. The zero-order valence-electron chi connectivity index (χ0n) is 7.22. The van der Waals surface area contributed by atoms with Gasteiger partial charge in [-0.1, -0.05) is 13.8 Å². The first kappa shape index (κ1) is 8.33. The Morgan fingerprint density at radius 1 is 1.64 bits per heavy atom. The summed E-state index contributed by atoms with van der Waals surface area (Å²) in [4.78, 5) is 11.1. The van der Waals surface area contributed by atoms with Crippen molar-refractivity contribution in [1.82, 2.24) is 15.8 Å². The van der Waals surface area contributed by atoms with E-state index in [1.165, 1.54) is 0 Å². The van der Waals surface area contributed by atoms with E-state index in [0.29, 0.717) is 5.92 Å². The van der Waals surface area contributed by atoms with E-state index in [0.717, 1.165) is 6.54 Å². The molecule has 1 fully saturated rings. The van der Waals surface area contributed by atoms with E-state index >= 15 is 0 Å². The molecule has 0 saturated carbocycles. The minimum atomic E-state index is -0.0220. The summed E-state index contributed by atoms with van der Waals surface area (Å²) in [5, 5.41) is 4.37. The maximum Gasteiger partial charge on any atom is 0.333 e. The van der Waals surface area contributed by atoms with Crippen molar-refractivity contribution in [2.75, 3.05) is 6.54 Å². The molecule has 4 heteroatoms. The second kappa shape index (κ2) is 3.09. The summed E-state index contributed by atoms with van der Waals surface area (Å²) in [5.41, 5.74) is 3.01. The maximum absolute atomic E-state index is 11.1. The van der Waals surface area contributed by atoms with Crippen LogP contribution in [0.2, 0.25) is 0 Å². The zero-order valence-corrected chi connectivity index (χ0v) is 7.22. The topological polar surface area (TPSA) is 44.4 Å². The smallest absolute Gasteiger partial charge is 0.320 e. The Balaban J connectivity index is 2.41. The van der Waals surface area contributed by atoms with Crippen LogP contribution in [0.25, 0.3) is 0 Å². The molecule has 0 bridgehead atoms. The summed E-state index contributed by atoms with van der Waals surface area (Å²) in [6, 6.07) is -0.0220. The number of amides is 2. The molecule has 0 spiro atoms. The van der Waals surface area contributed by atoms with Crippen LogP contribution in [0.3, 0.4) is 0 Å². The third-order valence-corrected chi connectivity index (χ3v) is 1.48. The van der Waals surface area contributed by atoms with Crippen LogP contribution >= 0.6 is 0 Å². The summed E-state index contributed by atoms with van der Waals surface area (Å²) in [5.74, 6) is 0.499. The molecule has 1 atom stereocenters. The van der Waals surface area contributed by atoms with Crippen molar-refractivity contribution in [3.63, 3.8) is 0 Å². The van der Waals surface area contributed by atoms with Gasteiger partial charge in [-0.3, -0.25) is 5.01 Å². The lowest BCUT2D eigenvalue weighted by molar-refractivity contribution is 0.189. The number of carbonyl (C=O) groups excluding carboxylic acids is 1. The highest BCUT2D eigenvalue weighted by molar-refractivity contribution is 5.75. The first-order chi connectivity index (χ1) is 5.09. The summed E-state index contributed by atoms with van der Waals surface area (Å²) in [7, 11) is 0. The van der Waals surface area contributed by atoms with Crippen molar-refractivity contribution in [2.45, 2.75) is 26.9 Å². The van der Waals surface area contributed by atoms with Crippen molar-refractivity contribution in [1.29, 1.82) is 0 Å². The lowest BCUT2D eigenvalue weighted by atomic mass is 10.2. The number of urea groups is 1. The largest absolute Gasteiger partial charge is 0.333 e. The van der Waals surface area contributed by atoms with Crippen molar-refractivity contribution < 1.29 is 4.79 Å². The molecule has 11 heavy (non-hydrogen) atoms. The number of hydrogen-bond donors (Lipinski definition) is 2. The van der Waals surface area contributed by atoms with E-state index in [4.69, 9.17) is 0 Å². The number of rotatable bonds is 2. The predicted molar refractivity (Wildman–Crippen MR) is 42.7 cm³/mol. The standard InChI is InChI=1S/C7H15N3O/c1-5(2)4-10-7(11)8-6(3)9-10/h5-6,9H,4H2,1-3H3,(H,8,11). The first-order valence-electron chi connectivity index (χ1n) is 3.94. The number of nitrogens with zero attached hydrogens (tertiary/aromatic N) is 1. The fourth-order valence-electron chi connectivity index (χ4n) is 1.09. The van der Waals surface area contributed by atoms with Crippen LogP contribution < -0.4 is 10.7 Å². The Morgan fingerprint density at radius 2 is 2.27 bits per heavy atom. The lowest BCUT2D eigenvalue weighted by Gasteiger charge is -2.16. The molecule has 0 aromatic heterocycles. The van der Waals surface area contributed by atoms with E-state index in [-0.39, 0.29) is 12.2 Å². The van der Waals surface area contributed by atoms with Crippen LogP contribution in [0.5, 0.6) is 0 Å². The molecule has 1 unspecified atom stereocenters. The average molecular weight is 157 g/mol. The number of hydrazine groups is 1. The van der Waals surface area contributed by atoms with Crippen LogP contribution in [-0.4, -0.2) is 23.8 Å². The van der Waals surface area contributed by atoms with E-state index in [1.54, 1.807) is 5.01 Å². The molecule has 2 N–H and O–H groups in total. The van der Waals surface area contributed by atoms with Gasteiger partial charge in [0.1, 0.15) is 0 Å². The van der Waals surface area contributed by atoms with Crippen molar-refractivity contribution in [2.24, 2.45) is 5.92 Å². The first-order valence-corrected chi connectivity index (χ1v) is 3.94. The summed E-state index contributed by atoms with van der Waals surface area (Å²) < 4.78 is 0. The molecular formula is C7H15N3O. The van der Waals surface area contributed by atoms with Crippen molar-refractivity contribution >= 4 is 6.03 Å². The van der Waals surface area contributed by atoms with Gasteiger partial charge in [-0.05, 0) is 12.8 Å². The second-order valence-electron chi connectivity index (χ2n) is 3.30. The molecule has 4 nitrogen and oxygen atoms in total. The number of hydrogen-bond acceptors (Lipinski definition) is 2. The zero-order chi connectivity index (χ0) is 8.43. The Morgan fingerprint density at radius 3 is 2.64 bits per heavy atom. The highest BCUT2D eigenvalue weighted by Gasteiger charge is 2.24. The second-order valence-corrected chi connectivity index (χ2v) is 3.30. The fraction of sp³-hybridized carbons (Fsp3) is 0.857. The summed E-state index contributed by atoms with van der Waals surface area (Å²) in [6.07, 6.45) is 0.0706. The Bertz CT molecular complexity index is 158. The molecule has 1 saturated heterocycles. The molecule has 0 aromatic carbocycles. The van der Waals surface area contributed by atoms with E-state index < -0.39 is 0 Å². The van der Waals surface area contributed by atoms with Gasteiger partial charge in [-0.2, -0.15) is 0 Å². The predicted octanol–water partition coefficient (Wildman–Crippen LogP) is 0.518. The van der Waals surface area contributed by atoms with E-state index in [9.17, 15) is 4.79 Å². The van der Waals surface area contributed by atoms with Gasteiger partial charge >= 0.3 is 6.03 Å². The van der Waals surface area contributed by atoms with Crippen molar-refractivity contribution in [3.05, 3.63) is 0 Å². The van der Waals surface area contributed by atoms with Gasteiger partial charge in [-0.15, -0.1) is 0 Å². The van der Waals surface area contributed by atoms with Gasteiger partial charge in [0.15, 0.2) is 0 Å². The molecule has 0 radical (unpaired) electrons. The van der Waals surface area contributed by atoms with Crippen LogP contribution in [0.15, 0.2) is 0 Å². The van der Waals surface area contributed by atoms with Crippen LogP contribution in [-0.2, 0) is 0 Å². The van der Waals surface area contributed by atoms with Gasteiger partial charge in [0.25, 0.3) is 0 Å². The maximum atomic E-state index is 11.1. The molecule has 1 rings (SSSR count). The highest BCUT2D eigenvalue weighted by atomic mass is 16.2. The van der Waals surface area contributed by atoms with Gasteiger partial charge < -0.3 is 5.32 Å². The molecule has 0 aliphatic carbocycles. The lowest BCUT2D eigenvalue weighted by Crippen LogP contribution is -2.38. The average Bonchev–Trinajstić information content (AvgIpc) is 2.09. The normalized spacial score (nSPS) is 24.5. The molecule has 1 heterocycles. The molecule has 1 aliphatic rings. The minimum Gasteiger partial charge on any atom is -0.320 e. The van der Waals surface area contributed by atoms with Gasteiger partial charge in [0.2, 0.25) is 0 Å². The third kappa shape index (κ3) is 2.08. The van der Waals surface area contributed by atoms with Crippen molar-refractivity contribution in [3.8, 4) is 0 Å². The molecule has 2 amide bonds. The Hall–Kier alpha value is -0.770. The van der Waals surface area contributed by atoms with Gasteiger partial charge in [0, 0.05) is 6.54 Å². The SMILES string of the molecule is CC(C)CN1NC(C)NC1=O.